The van der Waals surface area contributed by atoms with E-state index in [1.807, 2.05) is 5.38 Å². The average molecular weight is 266 g/mol. The van der Waals surface area contributed by atoms with Crippen molar-refractivity contribution in [3.8, 4) is 0 Å². The smallest absolute Gasteiger partial charge is 0.260 e. The number of rotatable bonds is 3. The molecule has 7 heteroatoms. The van der Waals surface area contributed by atoms with E-state index >= 15 is 0 Å². The third-order valence-corrected chi connectivity index (χ3v) is 3.66. The van der Waals surface area contributed by atoms with E-state index in [9.17, 15) is 10.1 Å². The molecule has 0 amide bonds. The predicted octanol–water partition coefficient (Wildman–Crippen LogP) is 2.59. The van der Waals surface area contributed by atoms with Crippen molar-refractivity contribution in [1.82, 2.24) is 14.8 Å². The first-order chi connectivity index (χ1) is 8.36. The molecule has 2 aromatic heterocycles. The Balaban J connectivity index is 2.14. The van der Waals surface area contributed by atoms with Gasteiger partial charge in [0.1, 0.15) is 12.4 Å². The molecule has 2 heterocycles. The topological polar surface area (TPSA) is 73.8 Å². The van der Waals surface area contributed by atoms with Crippen molar-refractivity contribution in [2.45, 2.75) is 32.7 Å². The number of hydrogen-bond donors (Lipinski definition) is 0. The van der Waals surface area contributed by atoms with Gasteiger partial charge in [0.25, 0.3) is 0 Å². The Kier molecular flexibility index (Phi) is 3.16. The van der Waals surface area contributed by atoms with E-state index in [0.717, 1.165) is 10.7 Å². The van der Waals surface area contributed by atoms with Crippen molar-refractivity contribution < 1.29 is 4.92 Å². The maximum atomic E-state index is 10.5. The first kappa shape index (κ1) is 12.7. The zero-order valence-electron chi connectivity index (χ0n) is 10.5. The summed E-state index contributed by atoms with van der Waals surface area (Å²) < 4.78 is 1.53. The lowest BCUT2D eigenvalue weighted by Crippen LogP contribution is -2.11. The highest BCUT2D eigenvalue weighted by Crippen LogP contribution is 2.25. The summed E-state index contributed by atoms with van der Waals surface area (Å²) >= 11 is 1.60. The van der Waals surface area contributed by atoms with Crippen LogP contribution in [0, 0.1) is 10.1 Å². The van der Waals surface area contributed by atoms with Crippen LogP contribution in [-0.2, 0) is 12.0 Å². The summed E-state index contributed by atoms with van der Waals surface area (Å²) in [5, 5.41) is 17.5. The molecular weight excluding hydrogens is 252 g/mol. The van der Waals surface area contributed by atoms with E-state index in [-0.39, 0.29) is 11.1 Å². The van der Waals surface area contributed by atoms with Crippen LogP contribution < -0.4 is 0 Å². The maximum absolute atomic E-state index is 10.5. The fourth-order valence-corrected chi connectivity index (χ4v) is 2.32. The largest absolute Gasteiger partial charge is 0.307 e. The van der Waals surface area contributed by atoms with Gasteiger partial charge in [-0.05, 0) is 0 Å². The van der Waals surface area contributed by atoms with Crippen LogP contribution in [0.2, 0.25) is 0 Å². The van der Waals surface area contributed by atoms with Crippen molar-refractivity contribution in [2.24, 2.45) is 0 Å². The molecule has 96 valence electrons. The fraction of sp³-hybridized carbons (Fsp3) is 0.455. The summed E-state index contributed by atoms with van der Waals surface area (Å²) in [6.45, 7) is 6.78. The van der Waals surface area contributed by atoms with Gasteiger partial charge in [0.2, 0.25) is 0 Å². The Hall–Kier alpha value is -1.76. The van der Waals surface area contributed by atoms with Gasteiger partial charge in [-0.1, -0.05) is 20.8 Å². The predicted molar refractivity (Wildman–Crippen MR) is 68.8 cm³/mol. The molecule has 2 aromatic rings. The third kappa shape index (κ3) is 2.73. The van der Waals surface area contributed by atoms with E-state index in [0.29, 0.717) is 6.54 Å². The standard InChI is InChI=1S/C11H14N4O2S/c1-11(2,3)10-13-8(7-18-10)5-14-6-9(4-12-14)15(16)17/h4,6-7H,5H2,1-3H3. The molecule has 0 atom stereocenters. The van der Waals surface area contributed by atoms with Crippen molar-refractivity contribution in [3.05, 3.63) is 38.6 Å². The molecule has 0 aromatic carbocycles. The van der Waals surface area contributed by atoms with E-state index in [2.05, 4.69) is 30.9 Å². The van der Waals surface area contributed by atoms with Gasteiger partial charge in [0, 0.05) is 10.8 Å². The minimum absolute atomic E-state index is 0.00118. The highest BCUT2D eigenvalue weighted by atomic mass is 32.1. The minimum atomic E-state index is -0.453. The number of hydrogen-bond acceptors (Lipinski definition) is 5. The lowest BCUT2D eigenvalue weighted by atomic mass is 9.98. The highest BCUT2D eigenvalue weighted by molar-refractivity contribution is 7.09. The number of thiazole rings is 1. The molecule has 0 radical (unpaired) electrons. The quantitative estimate of drug-likeness (QED) is 0.632. The van der Waals surface area contributed by atoms with Crippen LogP contribution in [0.4, 0.5) is 5.69 Å². The second-order valence-corrected chi connectivity index (χ2v) is 5.91. The van der Waals surface area contributed by atoms with E-state index < -0.39 is 4.92 Å². The Morgan fingerprint density at radius 3 is 2.72 bits per heavy atom. The van der Waals surface area contributed by atoms with Gasteiger partial charge in [-0.3, -0.25) is 14.8 Å². The average Bonchev–Trinajstić information content (AvgIpc) is 2.85. The maximum Gasteiger partial charge on any atom is 0.307 e. The zero-order chi connectivity index (χ0) is 13.3. The van der Waals surface area contributed by atoms with Crippen LogP contribution in [0.25, 0.3) is 0 Å². The summed E-state index contributed by atoms with van der Waals surface area (Å²) in [5.41, 5.74) is 0.906. The summed E-state index contributed by atoms with van der Waals surface area (Å²) in [5.74, 6) is 0. The summed E-state index contributed by atoms with van der Waals surface area (Å²) in [6.07, 6.45) is 2.66. The van der Waals surface area contributed by atoms with Gasteiger partial charge in [-0.2, -0.15) is 5.10 Å². The van der Waals surface area contributed by atoms with Crippen LogP contribution in [0.5, 0.6) is 0 Å². The molecule has 0 saturated heterocycles. The second kappa shape index (κ2) is 4.49. The molecule has 6 nitrogen and oxygen atoms in total. The van der Waals surface area contributed by atoms with Gasteiger partial charge >= 0.3 is 5.69 Å². The Labute approximate surface area is 108 Å². The normalized spacial score (nSPS) is 11.7. The SMILES string of the molecule is CC(C)(C)c1nc(Cn2cc([N+](=O)[O-])cn2)cs1. The monoisotopic (exact) mass is 266 g/mol. The summed E-state index contributed by atoms with van der Waals surface area (Å²) in [6, 6.07) is 0. The van der Waals surface area contributed by atoms with E-state index in [1.165, 1.54) is 17.1 Å². The molecule has 0 unspecified atom stereocenters. The van der Waals surface area contributed by atoms with Crippen molar-refractivity contribution >= 4 is 17.0 Å². The minimum Gasteiger partial charge on any atom is -0.260 e. The molecule has 0 aliphatic heterocycles. The van der Waals surface area contributed by atoms with Crippen molar-refractivity contribution in [3.63, 3.8) is 0 Å². The first-order valence-electron chi connectivity index (χ1n) is 5.48. The van der Waals surface area contributed by atoms with Gasteiger partial charge in [-0.15, -0.1) is 11.3 Å². The van der Waals surface area contributed by atoms with Crippen molar-refractivity contribution in [1.29, 1.82) is 0 Å². The summed E-state index contributed by atoms with van der Waals surface area (Å²) in [7, 11) is 0. The first-order valence-corrected chi connectivity index (χ1v) is 6.36. The second-order valence-electron chi connectivity index (χ2n) is 5.05. The van der Waals surface area contributed by atoms with E-state index in [1.54, 1.807) is 11.3 Å². The van der Waals surface area contributed by atoms with Gasteiger partial charge in [-0.25, -0.2) is 4.98 Å². The Bertz CT molecular complexity index is 568. The number of nitrogens with zero attached hydrogens (tertiary/aromatic N) is 4. The lowest BCUT2D eigenvalue weighted by molar-refractivity contribution is -0.385. The Morgan fingerprint density at radius 2 is 2.22 bits per heavy atom. The molecule has 0 bridgehead atoms. The zero-order valence-corrected chi connectivity index (χ0v) is 11.3. The molecule has 0 N–H and O–H groups in total. The number of aromatic nitrogens is 3. The van der Waals surface area contributed by atoms with Crippen LogP contribution in [0.15, 0.2) is 17.8 Å². The molecular formula is C11H14N4O2S. The fourth-order valence-electron chi connectivity index (χ4n) is 1.42. The van der Waals surface area contributed by atoms with Crippen LogP contribution in [0.1, 0.15) is 31.5 Å². The third-order valence-electron chi connectivity index (χ3n) is 2.35. The van der Waals surface area contributed by atoms with E-state index in [4.69, 9.17) is 0 Å². The molecule has 2 rings (SSSR count). The van der Waals surface area contributed by atoms with Gasteiger partial charge in [0.05, 0.1) is 22.2 Å². The molecule has 0 aliphatic carbocycles. The van der Waals surface area contributed by atoms with Crippen LogP contribution >= 0.6 is 11.3 Å². The van der Waals surface area contributed by atoms with Crippen LogP contribution in [0.3, 0.4) is 0 Å². The highest BCUT2D eigenvalue weighted by Gasteiger charge is 2.18. The lowest BCUT2D eigenvalue weighted by Gasteiger charge is -2.13. The summed E-state index contributed by atoms with van der Waals surface area (Å²) in [4.78, 5) is 14.6. The van der Waals surface area contributed by atoms with Gasteiger partial charge in [0.15, 0.2) is 0 Å². The molecule has 0 saturated carbocycles. The molecule has 0 aliphatic rings. The Morgan fingerprint density at radius 1 is 1.50 bits per heavy atom. The van der Waals surface area contributed by atoms with Gasteiger partial charge < -0.3 is 0 Å². The molecule has 0 fully saturated rings. The number of nitro groups is 1. The van der Waals surface area contributed by atoms with Crippen LogP contribution in [-0.4, -0.2) is 19.7 Å². The van der Waals surface area contributed by atoms with Crippen molar-refractivity contribution in [2.75, 3.05) is 0 Å². The molecule has 0 spiro atoms. The molecule has 18 heavy (non-hydrogen) atoms.